The molecule has 9 nitrogen and oxygen atoms in total. The predicted molar refractivity (Wildman–Crippen MR) is 81.8 cm³/mol. The Balaban J connectivity index is 2.42. The molecule has 0 fully saturated rings. The monoisotopic (exact) mass is 316 g/mol. The molecular weight excluding hydrogens is 304 g/mol. The summed E-state index contributed by atoms with van der Waals surface area (Å²) in [6.07, 6.45) is 0. The van der Waals surface area contributed by atoms with E-state index in [0.717, 1.165) is 12.1 Å². The first kappa shape index (κ1) is 15.9. The van der Waals surface area contributed by atoms with Gasteiger partial charge in [0.15, 0.2) is 0 Å². The van der Waals surface area contributed by atoms with E-state index in [1.54, 1.807) is 30.3 Å². The molecule has 2 aromatic rings. The summed E-state index contributed by atoms with van der Waals surface area (Å²) in [5.41, 5.74) is 4.90. The number of nitrogens with one attached hydrogen (secondary N) is 1. The van der Waals surface area contributed by atoms with Crippen molar-refractivity contribution in [2.24, 2.45) is 5.73 Å². The summed E-state index contributed by atoms with van der Waals surface area (Å²) in [6.45, 7) is 0. The van der Waals surface area contributed by atoms with Gasteiger partial charge in [0.25, 0.3) is 11.4 Å². The van der Waals surface area contributed by atoms with Gasteiger partial charge in [-0.15, -0.1) is 0 Å². The highest BCUT2D eigenvalue weighted by Crippen LogP contribution is 2.31. The molecule has 2 rings (SSSR count). The van der Waals surface area contributed by atoms with Crippen molar-refractivity contribution in [2.75, 3.05) is 5.32 Å². The second-order valence-corrected chi connectivity index (χ2v) is 4.61. The van der Waals surface area contributed by atoms with E-state index in [-0.39, 0.29) is 5.69 Å². The number of hydrogen-bond acceptors (Lipinski definition) is 6. The summed E-state index contributed by atoms with van der Waals surface area (Å²) in [5, 5.41) is 24.5. The normalized spacial score (nSPS) is 11.5. The summed E-state index contributed by atoms with van der Waals surface area (Å²) >= 11 is 0. The molecule has 0 aliphatic heterocycles. The molecule has 1 amide bonds. The lowest BCUT2D eigenvalue weighted by atomic mass is 10.1. The number of carbonyl (C=O) groups excluding carboxylic acids is 1. The third kappa shape index (κ3) is 3.59. The van der Waals surface area contributed by atoms with E-state index in [4.69, 9.17) is 5.73 Å². The average molecular weight is 316 g/mol. The number of primary amides is 1. The van der Waals surface area contributed by atoms with Gasteiger partial charge in [0, 0.05) is 6.07 Å². The topological polar surface area (TPSA) is 141 Å². The van der Waals surface area contributed by atoms with Crippen LogP contribution in [-0.4, -0.2) is 15.8 Å². The fourth-order valence-corrected chi connectivity index (χ4v) is 2.03. The maximum Gasteiger partial charge on any atom is 0.299 e. The molecule has 23 heavy (non-hydrogen) atoms. The lowest BCUT2D eigenvalue weighted by molar-refractivity contribution is -0.393. The molecule has 0 bridgehead atoms. The minimum atomic E-state index is -1.00. The van der Waals surface area contributed by atoms with Crippen LogP contribution >= 0.6 is 0 Å². The number of nitrogens with zero attached hydrogens (tertiary/aromatic N) is 2. The lowest BCUT2D eigenvalue weighted by Gasteiger charge is -2.17. The van der Waals surface area contributed by atoms with Crippen LogP contribution in [0, 0.1) is 20.2 Å². The zero-order valence-corrected chi connectivity index (χ0v) is 11.7. The molecule has 0 saturated carbocycles. The van der Waals surface area contributed by atoms with Gasteiger partial charge in [-0.05, 0) is 11.6 Å². The highest BCUT2D eigenvalue weighted by Gasteiger charge is 2.24. The SMILES string of the molecule is NC(=O)C(Nc1ccc([N+](=O)[O-])cc1[N+](=O)[O-])c1ccccc1. The number of carbonyl (C=O) groups is 1. The van der Waals surface area contributed by atoms with Crippen LogP contribution in [0.5, 0.6) is 0 Å². The van der Waals surface area contributed by atoms with E-state index >= 15 is 0 Å². The van der Waals surface area contributed by atoms with Crippen LogP contribution in [0.1, 0.15) is 11.6 Å². The smallest absolute Gasteiger partial charge is 0.299 e. The standard InChI is InChI=1S/C14H12N4O5/c15-14(19)13(9-4-2-1-3-5-9)16-11-7-6-10(17(20)21)8-12(11)18(22)23/h1-8,13,16H,(H2,15,19). The summed E-state index contributed by atoms with van der Waals surface area (Å²) in [4.78, 5) is 32.0. The summed E-state index contributed by atoms with van der Waals surface area (Å²) < 4.78 is 0. The Bertz CT molecular complexity index is 763. The minimum Gasteiger partial charge on any atom is -0.368 e. The van der Waals surface area contributed by atoms with E-state index in [9.17, 15) is 25.0 Å². The fraction of sp³-hybridized carbons (Fsp3) is 0.0714. The molecule has 118 valence electrons. The van der Waals surface area contributed by atoms with Crippen LogP contribution in [0.2, 0.25) is 0 Å². The van der Waals surface area contributed by atoms with Gasteiger partial charge in [-0.2, -0.15) is 0 Å². The third-order valence-electron chi connectivity index (χ3n) is 3.11. The number of nitro groups is 2. The number of non-ortho nitro benzene ring substituents is 1. The number of nitrogens with two attached hydrogens (primary N) is 1. The van der Waals surface area contributed by atoms with Gasteiger partial charge >= 0.3 is 0 Å². The van der Waals surface area contributed by atoms with Crippen molar-refractivity contribution in [2.45, 2.75) is 6.04 Å². The Labute approximate surface area is 130 Å². The molecule has 0 spiro atoms. The highest BCUT2D eigenvalue weighted by atomic mass is 16.6. The van der Waals surface area contributed by atoms with E-state index in [2.05, 4.69) is 5.32 Å². The van der Waals surface area contributed by atoms with Crippen LogP contribution < -0.4 is 11.1 Å². The molecule has 0 heterocycles. The zero-order chi connectivity index (χ0) is 17.0. The molecular formula is C14H12N4O5. The second-order valence-electron chi connectivity index (χ2n) is 4.61. The molecule has 9 heteroatoms. The van der Waals surface area contributed by atoms with Crippen molar-refractivity contribution in [3.8, 4) is 0 Å². The molecule has 2 aromatic carbocycles. The maximum absolute atomic E-state index is 11.6. The Kier molecular flexibility index (Phi) is 4.50. The van der Waals surface area contributed by atoms with Crippen LogP contribution in [0.25, 0.3) is 0 Å². The van der Waals surface area contributed by atoms with Crippen LogP contribution in [-0.2, 0) is 4.79 Å². The third-order valence-corrected chi connectivity index (χ3v) is 3.11. The number of amides is 1. The van der Waals surface area contributed by atoms with Gasteiger partial charge in [0.05, 0.1) is 15.9 Å². The fourth-order valence-electron chi connectivity index (χ4n) is 2.03. The number of rotatable bonds is 6. The highest BCUT2D eigenvalue weighted by molar-refractivity contribution is 5.85. The second kappa shape index (κ2) is 6.52. The summed E-state index contributed by atoms with van der Waals surface area (Å²) in [6, 6.07) is 10.5. The minimum absolute atomic E-state index is 0.0340. The van der Waals surface area contributed by atoms with Crippen molar-refractivity contribution in [1.29, 1.82) is 0 Å². The summed E-state index contributed by atoms with van der Waals surface area (Å²) in [5.74, 6) is -0.733. The van der Waals surface area contributed by atoms with Crippen LogP contribution in [0.15, 0.2) is 48.5 Å². The first-order valence-electron chi connectivity index (χ1n) is 6.44. The van der Waals surface area contributed by atoms with Gasteiger partial charge in [0.1, 0.15) is 11.7 Å². The van der Waals surface area contributed by atoms with E-state index in [1.165, 1.54) is 6.07 Å². The Morgan fingerprint density at radius 3 is 2.22 bits per heavy atom. The molecule has 3 N–H and O–H groups in total. The van der Waals surface area contributed by atoms with Crippen molar-refractivity contribution >= 4 is 23.0 Å². The maximum atomic E-state index is 11.6. The average Bonchev–Trinajstić information content (AvgIpc) is 2.52. The van der Waals surface area contributed by atoms with Gasteiger partial charge in [-0.1, -0.05) is 30.3 Å². The Hall–Kier alpha value is -3.49. The molecule has 1 atom stereocenters. The predicted octanol–water partition coefficient (Wildman–Crippen LogP) is 2.14. The zero-order valence-electron chi connectivity index (χ0n) is 11.7. The number of hydrogen-bond donors (Lipinski definition) is 2. The van der Waals surface area contributed by atoms with Gasteiger partial charge in [-0.3, -0.25) is 25.0 Å². The van der Waals surface area contributed by atoms with E-state index in [1.807, 2.05) is 0 Å². The first-order chi connectivity index (χ1) is 10.9. The molecule has 0 aliphatic rings. The largest absolute Gasteiger partial charge is 0.368 e. The molecule has 0 saturated heterocycles. The number of nitro benzene ring substituents is 2. The Morgan fingerprint density at radius 2 is 1.70 bits per heavy atom. The van der Waals surface area contributed by atoms with E-state index in [0.29, 0.717) is 5.56 Å². The van der Waals surface area contributed by atoms with Crippen LogP contribution in [0.4, 0.5) is 17.1 Å². The quantitative estimate of drug-likeness (QED) is 0.617. The van der Waals surface area contributed by atoms with Crippen molar-refractivity contribution < 1.29 is 14.6 Å². The lowest BCUT2D eigenvalue weighted by Crippen LogP contribution is -2.27. The molecule has 1 unspecified atom stereocenters. The van der Waals surface area contributed by atoms with Gasteiger partial charge in [-0.25, -0.2) is 0 Å². The molecule has 0 radical (unpaired) electrons. The number of anilines is 1. The summed E-state index contributed by atoms with van der Waals surface area (Å²) in [7, 11) is 0. The molecule has 0 aromatic heterocycles. The van der Waals surface area contributed by atoms with Crippen molar-refractivity contribution in [1.82, 2.24) is 0 Å². The van der Waals surface area contributed by atoms with Gasteiger partial charge < -0.3 is 11.1 Å². The van der Waals surface area contributed by atoms with Gasteiger partial charge in [0.2, 0.25) is 5.91 Å². The first-order valence-corrected chi connectivity index (χ1v) is 6.44. The van der Waals surface area contributed by atoms with Crippen molar-refractivity contribution in [3.05, 3.63) is 74.3 Å². The Morgan fingerprint density at radius 1 is 1.04 bits per heavy atom. The van der Waals surface area contributed by atoms with E-state index < -0.39 is 33.2 Å². The van der Waals surface area contributed by atoms with Crippen molar-refractivity contribution in [3.63, 3.8) is 0 Å². The van der Waals surface area contributed by atoms with Crippen LogP contribution in [0.3, 0.4) is 0 Å². The number of benzene rings is 2. The molecule has 0 aliphatic carbocycles.